The smallest absolute Gasteiger partial charge is 0.129 e. The van der Waals surface area contributed by atoms with Crippen LogP contribution in [0, 0.1) is 41.5 Å². The van der Waals surface area contributed by atoms with Gasteiger partial charge in [0.15, 0.2) is 0 Å². The van der Waals surface area contributed by atoms with E-state index < -0.39 is 0 Å². The van der Waals surface area contributed by atoms with Crippen LogP contribution in [-0.4, -0.2) is 49.8 Å². The van der Waals surface area contributed by atoms with E-state index in [0.29, 0.717) is 11.5 Å². The minimum Gasteiger partial charge on any atom is -0.496 e. The largest absolute Gasteiger partial charge is 0.496 e. The van der Waals surface area contributed by atoms with Crippen LogP contribution < -0.4 is 18.9 Å². The Morgan fingerprint density at radius 3 is 1.12 bits per heavy atom. The summed E-state index contributed by atoms with van der Waals surface area (Å²) in [4.78, 5) is 18.1. The van der Waals surface area contributed by atoms with E-state index in [4.69, 9.17) is 28.9 Å². The van der Waals surface area contributed by atoms with Crippen molar-refractivity contribution in [2.24, 2.45) is 9.98 Å². The Labute approximate surface area is 387 Å². The molecule has 2 N–H and O–H groups in total. The van der Waals surface area contributed by atoms with Gasteiger partial charge >= 0.3 is 0 Å². The van der Waals surface area contributed by atoms with E-state index >= 15 is 0 Å². The van der Waals surface area contributed by atoms with Gasteiger partial charge in [0.2, 0.25) is 0 Å². The molecule has 2 aliphatic heterocycles. The van der Waals surface area contributed by atoms with E-state index in [2.05, 4.69) is 136 Å². The van der Waals surface area contributed by atoms with Crippen molar-refractivity contribution in [1.82, 2.24) is 9.97 Å². The number of benzene rings is 5. The van der Waals surface area contributed by atoms with Crippen molar-refractivity contribution in [2.45, 2.75) is 41.5 Å². The molecule has 0 saturated heterocycles. The van der Waals surface area contributed by atoms with Crippen LogP contribution in [0.1, 0.15) is 67.0 Å². The van der Waals surface area contributed by atoms with Gasteiger partial charge in [0.05, 0.1) is 51.3 Å². The fourth-order valence-corrected chi connectivity index (χ4v) is 9.68. The van der Waals surface area contributed by atoms with Crippen LogP contribution in [0.3, 0.4) is 0 Å². The lowest BCUT2D eigenvalue weighted by Crippen LogP contribution is -2.06. The Bertz CT molecular complexity index is 2990. The third-order valence-electron chi connectivity index (χ3n) is 12.4. The molecule has 66 heavy (non-hydrogen) atoms. The van der Waals surface area contributed by atoms with Crippen LogP contribution in [-0.2, 0) is 0 Å². The molecule has 7 aromatic rings. The molecule has 4 heterocycles. The lowest BCUT2D eigenvalue weighted by atomic mass is 9.90. The number of nitrogens with one attached hydrogen (secondary N) is 2. The lowest BCUT2D eigenvalue weighted by Gasteiger charge is -2.17. The Kier molecular flexibility index (Phi) is 11.8. The van der Waals surface area contributed by atoms with Crippen LogP contribution in [0.15, 0.2) is 155 Å². The minimum absolute atomic E-state index is 0.655. The van der Waals surface area contributed by atoms with Gasteiger partial charge in [-0.3, -0.25) is 0 Å². The Balaban J connectivity index is 1.15. The number of allylic oxidation sites excluding steroid dienone is 4. The van der Waals surface area contributed by atoms with Gasteiger partial charge in [0.1, 0.15) is 23.0 Å². The summed E-state index contributed by atoms with van der Waals surface area (Å²) in [5, 5.41) is 0. The zero-order valence-electron chi connectivity index (χ0n) is 39.2. The predicted octanol–water partition coefficient (Wildman–Crippen LogP) is 13.2. The number of aromatic nitrogens is 2. The highest BCUT2D eigenvalue weighted by atomic mass is 16.5. The van der Waals surface area contributed by atoms with Crippen molar-refractivity contribution < 1.29 is 18.9 Å². The summed E-state index contributed by atoms with van der Waals surface area (Å²) in [6.07, 6.45) is 8.28. The standard InChI is InChI=1S/C58H54N4O4/c1-33-27-35(3)55(36(4)28-33)57(47-23-19-43(59-47)39-15-11-13-17-51(39)63-7)49-25-21-45(61-49)41-31-54(66-10)42(32-53(41)65-9)46-22-26-50(62-46)58(56-37(5)29-34(2)30-38(56)6)48-24-20-44(60-48)40-16-12-14-18-52(40)64-8/h11-32,59-60H,1-10H3/b57-49-,58-50+. The maximum absolute atomic E-state index is 6.16. The molecule has 0 saturated carbocycles. The number of nitrogens with zero attached hydrogens (tertiary/aromatic N) is 2. The number of aliphatic imine (C=N–C) groups is 2. The van der Waals surface area contributed by atoms with Crippen molar-refractivity contribution in [1.29, 1.82) is 0 Å². The Morgan fingerprint density at radius 2 is 0.758 bits per heavy atom. The summed E-state index contributed by atoms with van der Waals surface area (Å²) >= 11 is 0. The first-order valence-corrected chi connectivity index (χ1v) is 22.1. The lowest BCUT2D eigenvalue weighted by molar-refractivity contribution is 0.402. The molecule has 0 atom stereocenters. The van der Waals surface area contributed by atoms with Crippen LogP contribution in [0.5, 0.6) is 23.0 Å². The van der Waals surface area contributed by atoms with E-state index in [1.807, 2.05) is 48.5 Å². The summed E-state index contributed by atoms with van der Waals surface area (Å²) < 4.78 is 23.8. The number of hydrogen-bond acceptors (Lipinski definition) is 6. The normalized spacial score (nSPS) is 14.6. The second-order valence-corrected chi connectivity index (χ2v) is 17.0. The highest BCUT2D eigenvalue weighted by molar-refractivity contribution is 6.17. The van der Waals surface area contributed by atoms with E-state index in [0.717, 1.165) is 102 Å². The fourth-order valence-electron chi connectivity index (χ4n) is 9.68. The number of aromatic amines is 2. The van der Waals surface area contributed by atoms with Crippen LogP contribution >= 0.6 is 0 Å². The molecule has 8 heteroatoms. The molecule has 8 nitrogen and oxygen atoms in total. The van der Waals surface area contributed by atoms with Crippen molar-refractivity contribution in [3.8, 4) is 45.5 Å². The van der Waals surface area contributed by atoms with Gasteiger partial charge < -0.3 is 28.9 Å². The van der Waals surface area contributed by atoms with Crippen molar-refractivity contribution >= 4 is 22.6 Å². The molecule has 2 aromatic heterocycles. The number of ether oxygens (including phenoxy) is 4. The molecule has 0 amide bonds. The van der Waals surface area contributed by atoms with Crippen molar-refractivity contribution in [3.63, 3.8) is 0 Å². The molecule has 0 spiro atoms. The van der Waals surface area contributed by atoms with Crippen LogP contribution in [0.2, 0.25) is 0 Å². The average molecular weight is 871 g/mol. The molecular weight excluding hydrogens is 817 g/mol. The number of aryl methyl sites for hydroxylation is 6. The highest BCUT2D eigenvalue weighted by Crippen LogP contribution is 2.41. The Morgan fingerprint density at radius 1 is 0.394 bits per heavy atom. The highest BCUT2D eigenvalue weighted by Gasteiger charge is 2.26. The number of rotatable bonds is 12. The minimum atomic E-state index is 0.655. The molecule has 2 aliphatic rings. The number of methoxy groups -OCH3 is 4. The van der Waals surface area contributed by atoms with Gasteiger partial charge in [-0.1, -0.05) is 59.7 Å². The van der Waals surface area contributed by atoms with E-state index in [-0.39, 0.29) is 0 Å². The summed E-state index contributed by atoms with van der Waals surface area (Å²) in [5.74, 6) is 2.91. The quantitative estimate of drug-likeness (QED) is 0.128. The third-order valence-corrected chi connectivity index (χ3v) is 12.4. The zero-order chi connectivity index (χ0) is 46.2. The van der Waals surface area contributed by atoms with Crippen LogP contribution in [0.25, 0.3) is 33.7 Å². The molecule has 0 unspecified atom stereocenters. The third kappa shape index (κ3) is 8.00. The van der Waals surface area contributed by atoms with Crippen molar-refractivity contribution in [3.05, 3.63) is 212 Å². The topological polar surface area (TPSA) is 93.2 Å². The van der Waals surface area contributed by atoms with Gasteiger partial charge in [-0.05, 0) is 160 Å². The predicted molar refractivity (Wildman–Crippen MR) is 270 cm³/mol. The molecule has 0 fully saturated rings. The van der Waals surface area contributed by atoms with Gasteiger partial charge in [0, 0.05) is 56.2 Å². The molecular formula is C58H54N4O4. The van der Waals surface area contributed by atoms with Gasteiger partial charge in [0.25, 0.3) is 0 Å². The van der Waals surface area contributed by atoms with E-state index in [1.165, 1.54) is 33.4 Å². The monoisotopic (exact) mass is 870 g/mol. The summed E-state index contributed by atoms with van der Waals surface area (Å²) in [7, 11) is 6.78. The molecule has 5 aromatic carbocycles. The number of hydrogen-bond donors (Lipinski definition) is 2. The summed E-state index contributed by atoms with van der Waals surface area (Å²) in [6, 6.07) is 37.5. The SMILES string of the molecule is COc1cc(C2=N/C(=C(/c3ccc(-c4ccccc4OC)[nH]3)c3c(C)cc(C)cc3C)C=C2)c(OC)cc1C1=N/C(=C(\c2ccc(-c3ccccc3OC)[nH]2)c2c(C)cc(C)cc2C)C=C1. The summed E-state index contributed by atoms with van der Waals surface area (Å²) in [5.41, 5.74) is 22.0. The second kappa shape index (κ2) is 18.0. The van der Waals surface area contributed by atoms with Crippen LogP contribution in [0.4, 0.5) is 0 Å². The molecule has 9 rings (SSSR count). The first kappa shape index (κ1) is 43.4. The fraction of sp³-hybridized carbons (Fsp3) is 0.172. The maximum atomic E-state index is 6.16. The first-order chi connectivity index (χ1) is 32.0. The van der Waals surface area contributed by atoms with Crippen molar-refractivity contribution in [2.75, 3.05) is 28.4 Å². The zero-order valence-corrected chi connectivity index (χ0v) is 39.2. The van der Waals surface area contributed by atoms with Gasteiger partial charge in [-0.15, -0.1) is 0 Å². The summed E-state index contributed by atoms with van der Waals surface area (Å²) in [6.45, 7) is 12.9. The molecule has 330 valence electrons. The number of H-pyrrole nitrogens is 2. The van der Waals surface area contributed by atoms with Gasteiger partial charge in [-0.2, -0.15) is 0 Å². The van der Waals surface area contributed by atoms with Gasteiger partial charge in [-0.25, -0.2) is 9.98 Å². The molecule has 0 bridgehead atoms. The van der Waals surface area contributed by atoms with E-state index in [9.17, 15) is 0 Å². The maximum Gasteiger partial charge on any atom is 0.129 e. The Hall–Kier alpha value is -7.84. The first-order valence-electron chi connectivity index (χ1n) is 22.1. The molecule has 0 aliphatic carbocycles. The number of para-hydroxylation sites is 2. The molecule has 0 radical (unpaired) electrons. The van der Waals surface area contributed by atoms with E-state index in [1.54, 1.807) is 28.4 Å². The second-order valence-electron chi connectivity index (χ2n) is 17.0. The average Bonchev–Trinajstić information content (AvgIpc) is 4.17.